The molecule has 110 valence electrons. The first kappa shape index (κ1) is 13.7. The van der Waals surface area contributed by atoms with E-state index in [1.807, 2.05) is 6.92 Å². The van der Waals surface area contributed by atoms with Crippen LogP contribution in [0.15, 0.2) is 24.5 Å². The van der Waals surface area contributed by atoms with Crippen molar-refractivity contribution in [2.24, 2.45) is 7.05 Å². The maximum absolute atomic E-state index is 12.3. The third kappa shape index (κ3) is 2.63. The number of aryl methyl sites for hydroxylation is 3. The van der Waals surface area contributed by atoms with Gasteiger partial charge in [0, 0.05) is 25.2 Å². The van der Waals surface area contributed by atoms with Crippen molar-refractivity contribution < 1.29 is 9.53 Å². The fraction of sp³-hybridized carbons (Fsp3) is 0.375. The number of amides is 1. The van der Waals surface area contributed by atoms with Gasteiger partial charge >= 0.3 is 0 Å². The second-order valence-electron chi connectivity index (χ2n) is 5.57. The van der Waals surface area contributed by atoms with E-state index in [-0.39, 0.29) is 11.9 Å². The Bertz CT molecular complexity index is 691. The van der Waals surface area contributed by atoms with Crippen molar-refractivity contribution in [1.82, 2.24) is 15.1 Å². The number of benzene rings is 1. The molecule has 0 unspecified atom stereocenters. The number of hydrogen-bond acceptors (Lipinski definition) is 3. The van der Waals surface area contributed by atoms with Gasteiger partial charge in [0.05, 0.1) is 24.4 Å². The smallest absolute Gasteiger partial charge is 0.254 e. The molecule has 1 aliphatic heterocycles. The Kier molecular flexibility index (Phi) is 3.41. The van der Waals surface area contributed by atoms with Crippen molar-refractivity contribution in [3.63, 3.8) is 0 Å². The van der Waals surface area contributed by atoms with E-state index in [1.54, 1.807) is 24.1 Å². The van der Waals surface area contributed by atoms with E-state index in [9.17, 15) is 4.79 Å². The molecule has 1 aliphatic rings. The van der Waals surface area contributed by atoms with E-state index in [0.29, 0.717) is 12.2 Å². The minimum atomic E-state index is -0.0971. The van der Waals surface area contributed by atoms with E-state index < -0.39 is 0 Å². The number of nitrogens with zero attached hydrogens (tertiary/aromatic N) is 2. The van der Waals surface area contributed by atoms with Crippen LogP contribution in [-0.2, 0) is 7.05 Å². The molecule has 1 aromatic carbocycles. The maximum atomic E-state index is 12.3. The molecule has 1 atom stereocenters. The van der Waals surface area contributed by atoms with Crippen LogP contribution in [0.3, 0.4) is 0 Å². The molecule has 1 aromatic heterocycles. The van der Waals surface area contributed by atoms with E-state index >= 15 is 0 Å². The molecular formula is C16H19N3O2. The van der Waals surface area contributed by atoms with Crippen LogP contribution in [0.4, 0.5) is 0 Å². The van der Waals surface area contributed by atoms with E-state index in [4.69, 9.17) is 4.74 Å². The van der Waals surface area contributed by atoms with Gasteiger partial charge in [-0.05, 0) is 19.4 Å². The second-order valence-corrected chi connectivity index (χ2v) is 5.57. The Balaban J connectivity index is 1.87. The lowest BCUT2D eigenvalue weighted by molar-refractivity contribution is 0.0924. The molecule has 2 heterocycles. The Hall–Kier alpha value is -2.30. The summed E-state index contributed by atoms with van der Waals surface area (Å²) in [5.74, 6) is 0.809. The SMILES string of the molecule is Cc1cc(C)c2c(c1)[C@H](NC(=O)c1cnn(C)c1)CCO2. The van der Waals surface area contributed by atoms with Gasteiger partial charge in [-0.1, -0.05) is 17.7 Å². The van der Waals surface area contributed by atoms with Crippen molar-refractivity contribution in [3.05, 3.63) is 46.8 Å². The lowest BCUT2D eigenvalue weighted by Crippen LogP contribution is -2.32. The van der Waals surface area contributed by atoms with Crippen molar-refractivity contribution in [3.8, 4) is 5.75 Å². The van der Waals surface area contributed by atoms with Gasteiger partial charge in [0.25, 0.3) is 5.91 Å². The normalized spacial score (nSPS) is 17.0. The summed E-state index contributed by atoms with van der Waals surface area (Å²) in [6, 6.07) is 4.18. The predicted molar refractivity (Wildman–Crippen MR) is 79.4 cm³/mol. The van der Waals surface area contributed by atoms with Crippen LogP contribution < -0.4 is 10.1 Å². The molecule has 1 amide bonds. The third-order valence-electron chi connectivity index (χ3n) is 3.75. The molecule has 0 radical (unpaired) electrons. The van der Waals surface area contributed by atoms with Gasteiger partial charge in [0.2, 0.25) is 0 Å². The summed E-state index contributed by atoms with van der Waals surface area (Å²) in [5.41, 5.74) is 3.94. The molecule has 2 aromatic rings. The summed E-state index contributed by atoms with van der Waals surface area (Å²) in [6.45, 7) is 4.72. The van der Waals surface area contributed by atoms with E-state index in [2.05, 4.69) is 29.5 Å². The van der Waals surface area contributed by atoms with Crippen LogP contribution >= 0.6 is 0 Å². The van der Waals surface area contributed by atoms with Crippen LogP contribution in [0.1, 0.15) is 39.5 Å². The average Bonchev–Trinajstić information content (AvgIpc) is 2.86. The van der Waals surface area contributed by atoms with Gasteiger partial charge in [-0.2, -0.15) is 5.10 Å². The number of hydrogen-bond donors (Lipinski definition) is 1. The van der Waals surface area contributed by atoms with Crippen molar-refractivity contribution >= 4 is 5.91 Å². The maximum Gasteiger partial charge on any atom is 0.254 e. The first-order chi connectivity index (χ1) is 10.0. The molecule has 1 N–H and O–H groups in total. The molecule has 0 spiro atoms. The van der Waals surface area contributed by atoms with Crippen LogP contribution in [0, 0.1) is 13.8 Å². The zero-order chi connectivity index (χ0) is 15.0. The Morgan fingerprint density at radius 2 is 2.24 bits per heavy atom. The summed E-state index contributed by atoms with van der Waals surface area (Å²) in [4.78, 5) is 12.3. The minimum Gasteiger partial charge on any atom is -0.493 e. The zero-order valence-corrected chi connectivity index (χ0v) is 12.5. The third-order valence-corrected chi connectivity index (χ3v) is 3.75. The highest BCUT2D eigenvalue weighted by molar-refractivity contribution is 5.94. The fourth-order valence-electron chi connectivity index (χ4n) is 2.81. The summed E-state index contributed by atoms with van der Waals surface area (Å²) in [7, 11) is 1.80. The van der Waals surface area contributed by atoms with Gasteiger partial charge in [-0.25, -0.2) is 0 Å². The lowest BCUT2D eigenvalue weighted by atomic mass is 9.95. The number of nitrogens with one attached hydrogen (secondary N) is 1. The van der Waals surface area contributed by atoms with Crippen LogP contribution in [0.25, 0.3) is 0 Å². The molecule has 5 nitrogen and oxygen atoms in total. The highest BCUT2D eigenvalue weighted by Gasteiger charge is 2.25. The topological polar surface area (TPSA) is 56.2 Å². The van der Waals surface area contributed by atoms with Crippen LogP contribution in [0.2, 0.25) is 0 Å². The summed E-state index contributed by atoms with van der Waals surface area (Å²) < 4.78 is 7.39. The van der Waals surface area contributed by atoms with E-state index in [0.717, 1.165) is 23.3 Å². The molecule has 3 rings (SSSR count). The molecule has 0 aliphatic carbocycles. The molecule has 21 heavy (non-hydrogen) atoms. The molecule has 0 saturated carbocycles. The Morgan fingerprint density at radius 3 is 2.95 bits per heavy atom. The quantitative estimate of drug-likeness (QED) is 0.921. The van der Waals surface area contributed by atoms with Gasteiger partial charge in [0.15, 0.2) is 0 Å². The average molecular weight is 285 g/mol. The molecule has 5 heteroatoms. The van der Waals surface area contributed by atoms with Gasteiger partial charge < -0.3 is 10.1 Å². The summed E-state index contributed by atoms with van der Waals surface area (Å²) >= 11 is 0. The molecular weight excluding hydrogens is 266 g/mol. The highest BCUT2D eigenvalue weighted by Crippen LogP contribution is 2.35. The highest BCUT2D eigenvalue weighted by atomic mass is 16.5. The van der Waals surface area contributed by atoms with Crippen molar-refractivity contribution in [2.45, 2.75) is 26.3 Å². The molecule has 0 fully saturated rings. The van der Waals surface area contributed by atoms with Crippen LogP contribution in [0.5, 0.6) is 5.75 Å². The van der Waals surface area contributed by atoms with Gasteiger partial charge in [0.1, 0.15) is 5.75 Å². The lowest BCUT2D eigenvalue weighted by Gasteiger charge is -2.28. The largest absolute Gasteiger partial charge is 0.493 e. The molecule has 0 saturated heterocycles. The second kappa shape index (κ2) is 5.24. The van der Waals surface area contributed by atoms with Crippen molar-refractivity contribution in [1.29, 1.82) is 0 Å². The summed E-state index contributed by atoms with van der Waals surface area (Å²) in [5, 5.41) is 7.12. The van der Waals surface area contributed by atoms with Crippen LogP contribution in [-0.4, -0.2) is 22.3 Å². The number of fused-ring (bicyclic) bond motifs is 1. The predicted octanol–water partition coefficient (Wildman–Crippen LogP) is 2.29. The number of carbonyl (C=O) groups excluding carboxylic acids is 1. The minimum absolute atomic E-state index is 0.0138. The van der Waals surface area contributed by atoms with Gasteiger partial charge in [-0.15, -0.1) is 0 Å². The monoisotopic (exact) mass is 285 g/mol. The summed E-state index contributed by atoms with van der Waals surface area (Å²) in [6.07, 6.45) is 4.08. The number of carbonyl (C=O) groups is 1. The number of aromatic nitrogens is 2. The van der Waals surface area contributed by atoms with E-state index in [1.165, 1.54) is 5.56 Å². The molecule has 0 bridgehead atoms. The zero-order valence-electron chi connectivity index (χ0n) is 12.5. The number of rotatable bonds is 2. The van der Waals surface area contributed by atoms with Crippen molar-refractivity contribution in [2.75, 3.05) is 6.61 Å². The Labute approximate surface area is 123 Å². The Morgan fingerprint density at radius 1 is 1.43 bits per heavy atom. The van der Waals surface area contributed by atoms with Gasteiger partial charge in [-0.3, -0.25) is 9.48 Å². The number of ether oxygens (including phenoxy) is 1. The first-order valence-corrected chi connectivity index (χ1v) is 7.08. The fourth-order valence-corrected chi connectivity index (χ4v) is 2.81. The standard InChI is InChI=1S/C16H19N3O2/c1-10-6-11(2)15-13(7-10)14(4-5-21-15)18-16(20)12-8-17-19(3)9-12/h6-9,14H,4-5H2,1-3H3,(H,18,20)/t14-/m1/s1. The first-order valence-electron chi connectivity index (χ1n) is 7.08.